The predicted octanol–water partition coefficient (Wildman–Crippen LogP) is 1.10. The van der Waals surface area contributed by atoms with E-state index in [1.807, 2.05) is 0 Å². The average molecular weight is 498 g/mol. The summed E-state index contributed by atoms with van der Waals surface area (Å²) in [6.45, 7) is 3.04. The standard InChI is InChI=1S/C22H23N7O5S/c1-4-29(35(3,33)34)17-10-8-15(9-11-17)19(30)13-27-20(31)22(2,24-21(27)32)16-6-5-7-18(12-16)28-14-23-25-26-28/h5-12,14H,4,13H2,1-3H3,(H,24,32). The minimum atomic E-state index is -3.46. The van der Waals surface area contributed by atoms with Crippen LogP contribution < -0.4 is 9.62 Å². The molecule has 3 amide bonds. The predicted molar refractivity (Wildman–Crippen MR) is 125 cm³/mol. The van der Waals surface area contributed by atoms with Gasteiger partial charge in [-0.25, -0.2) is 17.9 Å². The lowest BCUT2D eigenvalue weighted by molar-refractivity contribution is -0.130. The fourth-order valence-corrected chi connectivity index (χ4v) is 4.91. The number of nitrogens with one attached hydrogen (secondary N) is 1. The summed E-state index contributed by atoms with van der Waals surface area (Å²) >= 11 is 0. The van der Waals surface area contributed by atoms with E-state index in [4.69, 9.17) is 0 Å². The number of ketones is 1. The average Bonchev–Trinajstić information content (AvgIpc) is 3.43. The van der Waals surface area contributed by atoms with Crippen molar-refractivity contribution >= 4 is 33.4 Å². The SMILES string of the molecule is CCN(c1ccc(C(=O)CN2C(=O)NC(C)(c3cccc(-n4cnnn4)c3)C2=O)cc1)S(C)(=O)=O. The quantitative estimate of drug-likeness (QED) is 0.359. The Kier molecular flexibility index (Phi) is 6.11. The van der Waals surface area contributed by atoms with Crippen LogP contribution in [-0.2, 0) is 20.4 Å². The van der Waals surface area contributed by atoms with Gasteiger partial charge in [0.1, 0.15) is 11.9 Å². The number of nitrogens with zero attached hydrogens (tertiary/aromatic N) is 6. The Balaban J connectivity index is 1.53. The number of sulfonamides is 1. The molecule has 0 aliphatic carbocycles. The minimum Gasteiger partial charge on any atom is -0.319 e. The molecule has 1 N–H and O–H groups in total. The molecule has 0 saturated carbocycles. The number of carbonyl (C=O) groups excluding carboxylic acids is 3. The molecule has 1 unspecified atom stereocenters. The second kappa shape index (κ2) is 8.91. The zero-order valence-corrected chi connectivity index (χ0v) is 20.1. The Labute approximate surface area is 201 Å². The third-order valence-electron chi connectivity index (χ3n) is 5.78. The topological polar surface area (TPSA) is 147 Å². The number of aromatic nitrogens is 4. The molecule has 35 heavy (non-hydrogen) atoms. The molecule has 3 aromatic rings. The molecule has 1 aliphatic heterocycles. The summed E-state index contributed by atoms with van der Waals surface area (Å²) in [6.07, 6.45) is 2.51. The molecule has 1 atom stereocenters. The fraction of sp³-hybridized carbons (Fsp3) is 0.273. The molecule has 4 rings (SSSR count). The Hall–Kier alpha value is -4.13. The van der Waals surface area contributed by atoms with Crippen LogP contribution in [0.4, 0.5) is 10.5 Å². The summed E-state index contributed by atoms with van der Waals surface area (Å²) in [5.41, 5.74) is 0.372. The molecule has 1 aliphatic rings. The maximum atomic E-state index is 13.3. The molecule has 13 heteroatoms. The number of Topliss-reactive ketones (excluding diaryl/α,β-unsaturated/α-hetero) is 1. The highest BCUT2D eigenvalue weighted by Crippen LogP contribution is 2.30. The van der Waals surface area contributed by atoms with E-state index in [0.717, 1.165) is 11.2 Å². The Bertz CT molecular complexity index is 1390. The maximum Gasteiger partial charge on any atom is 0.325 e. The number of tetrazole rings is 1. The van der Waals surface area contributed by atoms with Gasteiger partial charge >= 0.3 is 6.03 Å². The van der Waals surface area contributed by atoms with Crippen LogP contribution in [0.2, 0.25) is 0 Å². The lowest BCUT2D eigenvalue weighted by Gasteiger charge is -2.23. The van der Waals surface area contributed by atoms with Crippen LogP contribution in [0.5, 0.6) is 0 Å². The molecule has 1 aromatic heterocycles. The first-order chi connectivity index (χ1) is 16.5. The molecule has 0 radical (unpaired) electrons. The van der Waals surface area contributed by atoms with Crippen LogP contribution >= 0.6 is 0 Å². The van der Waals surface area contributed by atoms with Crippen molar-refractivity contribution in [2.75, 3.05) is 23.7 Å². The molecule has 0 spiro atoms. The van der Waals surface area contributed by atoms with Gasteiger partial charge < -0.3 is 5.32 Å². The summed E-state index contributed by atoms with van der Waals surface area (Å²) in [4.78, 5) is 39.7. The van der Waals surface area contributed by atoms with Gasteiger partial charge in [0.25, 0.3) is 5.91 Å². The van der Waals surface area contributed by atoms with E-state index in [-0.39, 0.29) is 12.1 Å². The van der Waals surface area contributed by atoms with Gasteiger partial charge in [0, 0.05) is 12.1 Å². The molecule has 2 aromatic carbocycles. The van der Waals surface area contributed by atoms with E-state index in [1.165, 1.54) is 39.6 Å². The highest BCUT2D eigenvalue weighted by Gasteiger charge is 2.49. The van der Waals surface area contributed by atoms with Gasteiger partial charge in [0.2, 0.25) is 10.0 Å². The smallest absolute Gasteiger partial charge is 0.319 e. The Morgan fingerprint density at radius 3 is 2.46 bits per heavy atom. The Morgan fingerprint density at radius 2 is 1.86 bits per heavy atom. The molecule has 182 valence electrons. The third-order valence-corrected chi connectivity index (χ3v) is 7.05. The number of rotatable bonds is 8. The lowest BCUT2D eigenvalue weighted by atomic mass is 9.91. The van der Waals surface area contributed by atoms with Gasteiger partial charge in [-0.05, 0) is 66.2 Å². The molecule has 12 nitrogen and oxygen atoms in total. The van der Waals surface area contributed by atoms with Gasteiger partial charge in [-0.15, -0.1) is 5.10 Å². The van der Waals surface area contributed by atoms with Crippen LogP contribution in [0, 0.1) is 0 Å². The summed E-state index contributed by atoms with van der Waals surface area (Å²) in [5.74, 6) is -1.04. The lowest BCUT2D eigenvalue weighted by Crippen LogP contribution is -2.41. The first kappa shape index (κ1) is 24.0. The van der Waals surface area contributed by atoms with E-state index in [0.29, 0.717) is 16.9 Å². The van der Waals surface area contributed by atoms with Crippen LogP contribution in [0.25, 0.3) is 5.69 Å². The van der Waals surface area contributed by atoms with Crippen molar-refractivity contribution in [3.8, 4) is 5.69 Å². The number of amides is 3. The largest absolute Gasteiger partial charge is 0.325 e. The summed E-state index contributed by atoms with van der Waals surface area (Å²) < 4.78 is 26.4. The Morgan fingerprint density at radius 1 is 1.14 bits per heavy atom. The number of hydrogen-bond donors (Lipinski definition) is 1. The van der Waals surface area contributed by atoms with Gasteiger partial charge in [-0.2, -0.15) is 0 Å². The van der Waals surface area contributed by atoms with Gasteiger partial charge in [0.05, 0.1) is 24.2 Å². The highest BCUT2D eigenvalue weighted by molar-refractivity contribution is 7.92. The summed E-state index contributed by atoms with van der Waals surface area (Å²) in [5, 5.41) is 13.7. The third kappa shape index (κ3) is 4.49. The second-order valence-electron chi connectivity index (χ2n) is 8.15. The van der Waals surface area contributed by atoms with Crippen molar-refractivity contribution in [3.63, 3.8) is 0 Å². The van der Waals surface area contributed by atoms with E-state index in [9.17, 15) is 22.8 Å². The first-order valence-electron chi connectivity index (χ1n) is 10.6. The second-order valence-corrected chi connectivity index (χ2v) is 10.1. The molecule has 1 fully saturated rings. The fourth-order valence-electron chi connectivity index (χ4n) is 3.93. The van der Waals surface area contributed by atoms with Crippen molar-refractivity contribution in [2.45, 2.75) is 19.4 Å². The van der Waals surface area contributed by atoms with E-state index < -0.39 is 39.8 Å². The number of hydrogen-bond acceptors (Lipinski definition) is 8. The molecular weight excluding hydrogens is 474 g/mol. The maximum absolute atomic E-state index is 13.3. The van der Waals surface area contributed by atoms with Crippen LogP contribution in [0.3, 0.4) is 0 Å². The van der Waals surface area contributed by atoms with Gasteiger partial charge in [-0.1, -0.05) is 12.1 Å². The van der Waals surface area contributed by atoms with Crippen molar-refractivity contribution in [2.24, 2.45) is 0 Å². The molecule has 1 saturated heterocycles. The van der Waals surface area contributed by atoms with Gasteiger partial charge in [0.15, 0.2) is 5.78 Å². The number of urea groups is 1. The van der Waals surface area contributed by atoms with Crippen LogP contribution in [0.1, 0.15) is 29.8 Å². The molecule has 2 heterocycles. The highest BCUT2D eigenvalue weighted by atomic mass is 32.2. The zero-order valence-electron chi connectivity index (χ0n) is 19.2. The monoisotopic (exact) mass is 497 g/mol. The minimum absolute atomic E-state index is 0.238. The van der Waals surface area contributed by atoms with Crippen LogP contribution in [0.15, 0.2) is 54.9 Å². The van der Waals surface area contributed by atoms with Crippen molar-refractivity contribution in [3.05, 3.63) is 66.0 Å². The van der Waals surface area contributed by atoms with E-state index in [2.05, 4.69) is 20.8 Å². The van der Waals surface area contributed by atoms with Crippen molar-refractivity contribution in [1.29, 1.82) is 0 Å². The normalized spacial score (nSPS) is 18.0. The summed E-state index contributed by atoms with van der Waals surface area (Å²) in [6, 6.07) is 12.1. The first-order valence-corrected chi connectivity index (χ1v) is 12.5. The summed E-state index contributed by atoms with van der Waals surface area (Å²) in [7, 11) is -3.46. The molecule has 0 bridgehead atoms. The van der Waals surface area contributed by atoms with Crippen molar-refractivity contribution in [1.82, 2.24) is 30.4 Å². The number of anilines is 1. The number of imide groups is 1. The molecular formula is C22H23N7O5S. The van der Waals surface area contributed by atoms with Gasteiger partial charge in [-0.3, -0.25) is 18.8 Å². The van der Waals surface area contributed by atoms with E-state index >= 15 is 0 Å². The number of benzene rings is 2. The zero-order chi connectivity index (χ0) is 25.4. The number of carbonyl (C=O) groups is 3. The van der Waals surface area contributed by atoms with Crippen LogP contribution in [-0.4, -0.2) is 70.6 Å². The van der Waals surface area contributed by atoms with E-state index in [1.54, 1.807) is 38.1 Å². The van der Waals surface area contributed by atoms with Crippen molar-refractivity contribution < 1.29 is 22.8 Å².